The number of hydrogen-bond acceptors (Lipinski definition) is 2. The van der Waals surface area contributed by atoms with Crippen LogP contribution in [0.5, 0.6) is 0 Å². The van der Waals surface area contributed by atoms with E-state index in [1.807, 2.05) is 0 Å². The zero-order valence-corrected chi connectivity index (χ0v) is 11.3. The Morgan fingerprint density at radius 3 is 2.50 bits per heavy atom. The first kappa shape index (κ1) is 12.5. The summed E-state index contributed by atoms with van der Waals surface area (Å²) in [7, 11) is 0. The summed E-state index contributed by atoms with van der Waals surface area (Å²) in [5.74, 6) is 1.09. The van der Waals surface area contributed by atoms with Crippen molar-refractivity contribution >= 4 is 5.97 Å². The molecule has 102 valence electrons. The van der Waals surface area contributed by atoms with Crippen molar-refractivity contribution in [2.75, 3.05) is 6.54 Å². The van der Waals surface area contributed by atoms with Crippen LogP contribution in [0, 0.1) is 17.8 Å². The average Bonchev–Trinajstić information content (AvgIpc) is 2.89. The highest BCUT2D eigenvalue weighted by Gasteiger charge is 2.49. The summed E-state index contributed by atoms with van der Waals surface area (Å²) in [5.41, 5.74) is 0. The number of rotatable bonds is 3. The predicted octanol–water partition coefficient (Wildman–Crippen LogP) is 2.75. The lowest BCUT2D eigenvalue weighted by Crippen LogP contribution is -2.37. The molecule has 0 aromatic carbocycles. The van der Waals surface area contributed by atoms with E-state index in [1.54, 1.807) is 0 Å². The Morgan fingerprint density at radius 1 is 1.17 bits per heavy atom. The first-order valence-electron chi connectivity index (χ1n) is 7.63. The van der Waals surface area contributed by atoms with Crippen molar-refractivity contribution in [1.29, 1.82) is 0 Å². The van der Waals surface area contributed by atoms with Crippen LogP contribution in [-0.2, 0) is 4.79 Å². The minimum Gasteiger partial charge on any atom is -0.481 e. The van der Waals surface area contributed by atoms with Crippen molar-refractivity contribution in [1.82, 2.24) is 4.90 Å². The normalized spacial score (nSPS) is 44.4. The van der Waals surface area contributed by atoms with E-state index in [-0.39, 0.29) is 5.92 Å². The van der Waals surface area contributed by atoms with Crippen molar-refractivity contribution < 1.29 is 9.90 Å². The van der Waals surface area contributed by atoms with Gasteiger partial charge in [-0.1, -0.05) is 19.8 Å². The van der Waals surface area contributed by atoms with Crippen LogP contribution in [-0.4, -0.2) is 34.6 Å². The molecular weight excluding hydrogens is 226 g/mol. The number of nitrogens with zero attached hydrogens (tertiary/aromatic N) is 1. The van der Waals surface area contributed by atoms with Crippen molar-refractivity contribution in [3.63, 3.8) is 0 Å². The summed E-state index contributed by atoms with van der Waals surface area (Å²) in [6, 6.07) is 0.933. The topological polar surface area (TPSA) is 40.5 Å². The molecule has 3 heteroatoms. The van der Waals surface area contributed by atoms with Crippen molar-refractivity contribution in [3.05, 3.63) is 0 Å². The van der Waals surface area contributed by atoms with Gasteiger partial charge in [0.2, 0.25) is 0 Å². The zero-order chi connectivity index (χ0) is 12.7. The monoisotopic (exact) mass is 251 g/mol. The van der Waals surface area contributed by atoms with Crippen LogP contribution < -0.4 is 0 Å². The number of fused-ring (bicyclic) bond motifs is 2. The molecule has 0 aromatic heterocycles. The molecule has 0 amide bonds. The van der Waals surface area contributed by atoms with E-state index >= 15 is 0 Å². The lowest BCUT2D eigenvalue weighted by molar-refractivity contribution is -0.142. The van der Waals surface area contributed by atoms with E-state index in [1.165, 1.54) is 38.6 Å². The Hall–Kier alpha value is -0.570. The number of hydrogen-bond donors (Lipinski definition) is 1. The fourth-order valence-corrected chi connectivity index (χ4v) is 4.46. The second kappa shape index (κ2) is 4.84. The molecule has 0 aromatic rings. The zero-order valence-electron chi connectivity index (χ0n) is 11.3. The summed E-state index contributed by atoms with van der Waals surface area (Å²) in [6.45, 7) is 3.53. The lowest BCUT2D eigenvalue weighted by Gasteiger charge is -2.32. The molecule has 2 saturated heterocycles. The smallest absolute Gasteiger partial charge is 0.308 e. The molecule has 2 bridgehead atoms. The highest BCUT2D eigenvalue weighted by Crippen LogP contribution is 2.43. The summed E-state index contributed by atoms with van der Waals surface area (Å²) >= 11 is 0. The van der Waals surface area contributed by atoms with Gasteiger partial charge in [-0.15, -0.1) is 0 Å². The summed E-state index contributed by atoms with van der Waals surface area (Å²) in [4.78, 5) is 13.8. The minimum atomic E-state index is -0.565. The minimum absolute atomic E-state index is 0.0775. The highest BCUT2D eigenvalue weighted by atomic mass is 16.4. The SMILES string of the molecule is CC1CCC(CN2C3CCC2C(C(=O)O)C3)CC1. The van der Waals surface area contributed by atoms with Crippen LogP contribution in [0.3, 0.4) is 0 Å². The highest BCUT2D eigenvalue weighted by molar-refractivity contribution is 5.71. The van der Waals surface area contributed by atoms with Gasteiger partial charge in [0.25, 0.3) is 0 Å². The molecule has 3 fully saturated rings. The first-order chi connectivity index (χ1) is 8.65. The Morgan fingerprint density at radius 2 is 1.89 bits per heavy atom. The standard InChI is InChI=1S/C15H25NO2/c1-10-2-4-11(5-3-10)9-16-12-6-7-14(16)13(8-12)15(17)18/h10-14H,2-9H2,1H3,(H,17,18). The second-order valence-electron chi connectivity index (χ2n) is 6.80. The van der Waals surface area contributed by atoms with Crippen molar-refractivity contribution in [3.8, 4) is 0 Å². The molecule has 3 unspecified atom stereocenters. The first-order valence-corrected chi connectivity index (χ1v) is 7.63. The molecule has 0 radical (unpaired) electrons. The van der Waals surface area contributed by atoms with Gasteiger partial charge in [-0.05, 0) is 43.9 Å². The summed E-state index contributed by atoms with van der Waals surface area (Å²) in [6.07, 6.45) is 8.71. The fourth-order valence-electron chi connectivity index (χ4n) is 4.46. The molecule has 2 heterocycles. The third kappa shape index (κ3) is 2.18. The number of carboxylic acid groups (broad SMARTS) is 1. The van der Waals surface area contributed by atoms with E-state index in [0.717, 1.165) is 24.7 Å². The number of carboxylic acids is 1. The third-order valence-corrected chi connectivity index (χ3v) is 5.60. The molecule has 3 nitrogen and oxygen atoms in total. The maximum Gasteiger partial charge on any atom is 0.308 e. The van der Waals surface area contributed by atoms with Crippen LogP contribution in [0.1, 0.15) is 51.9 Å². The van der Waals surface area contributed by atoms with Gasteiger partial charge in [0.05, 0.1) is 5.92 Å². The van der Waals surface area contributed by atoms with Crippen LogP contribution in [0.4, 0.5) is 0 Å². The van der Waals surface area contributed by atoms with Crippen molar-refractivity contribution in [2.24, 2.45) is 17.8 Å². The Kier molecular flexibility index (Phi) is 3.35. The average molecular weight is 251 g/mol. The largest absolute Gasteiger partial charge is 0.481 e. The molecule has 3 aliphatic rings. The van der Waals surface area contributed by atoms with Gasteiger partial charge in [0, 0.05) is 18.6 Å². The van der Waals surface area contributed by atoms with Crippen LogP contribution in [0.25, 0.3) is 0 Å². The van der Waals surface area contributed by atoms with Gasteiger partial charge in [-0.25, -0.2) is 0 Å². The molecule has 1 saturated carbocycles. The van der Waals surface area contributed by atoms with Gasteiger partial charge in [0.1, 0.15) is 0 Å². The van der Waals surface area contributed by atoms with Gasteiger partial charge in [-0.3, -0.25) is 9.69 Å². The quantitative estimate of drug-likeness (QED) is 0.838. The molecule has 2 aliphatic heterocycles. The molecular formula is C15H25NO2. The van der Waals surface area contributed by atoms with E-state index in [9.17, 15) is 9.90 Å². The molecule has 1 aliphatic carbocycles. The second-order valence-corrected chi connectivity index (χ2v) is 6.80. The van der Waals surface area contributed by atoms with E-state index in [0.29, 0.717) is 12.1 Å². The van der Waals surface area contributed by atoms with E-state index < -0.39 is 5.97 Å². The Labute approximate surface area is 110 Å². The number of carbonyl (C=O) groups is 1. The summed E-state index contributed by atoms with van der Waals surface area (Å²) in [5, 5.41) is 9.27. The predicted molar refractivity (Wildman–Crippen MR) is 70.4 cm³/mol. The molecule has 0 spiro atoms. The Bertz CT molecular complexity index is 322. The van der Waals surface area contributed by atoms with Crippen molar-refractivity contribution in [2.45, 2.75) is 64.0 Å². The Balaban J connectivity index is 1.59. The fraction of sp³-hybridized carbons (Fsp3) is 0.933. The molecule has 3 rings (SSSR count). The van der Waals surface area contributed by atoms with Crippen LogP contribution in [0.2, 0.25) is 0 Å². The van der Waals surface area contributed by atoms with Crippen LogP contribution >= 0.6 is 0 Å². The lowest BCUT2D eigenvalue weighted by atomic mass is 9.82. The molecule has 18 heavy (non-hydrogen) atoms. The van der Waals surface area contributed by atoms with Gasteiger partial charge in [-0.2, -0.15) is 0 Å². The van der Waals surface area contributed by atoms with Gasteiger partial charge >= 0.3 is 5.97 Å². The molecule has 1 N–H and O–H groups in total. The van der Waals surface area contributed by atoms with Gasteiger partial charge < -0.3 is 5.11 Å². The number of aliphatic carboxylic acids is 1. The third-order valence-electron chi connectivity index (χ3n) is 5.60. The summed E-state index contributed by atoms with van der Waals surface area (Å²) < 4.78 is 0. The maximum atomic E-state index is 11.2. The van der Waals surface area contributed by atoms with E-state index in [4.69, 9.17) is 0 Å². The maximum absolute atomic E-state index is 11.2. The molecule has 3 atom stereocenters. The van der Waals surface area contributed by atoms with E-state index in [2.05, 4.69) is 11.8 Å². The van der Waals surface area contributed by atoms with Crippen LogP contribution in [0.15, 0.2) is 0 Å². The van der Waals surface area contributed by atoms with Gasteiger partial charge in [0.15, 0.2) is 0 Å².